The van der Waals surface area contributed by atoms with Crippen LogP contribution in [0.15, 0.2) is 60.7 Å². The molecular formula is C28H32F2N4O3. The van der Waals surface area contributed by atoms with Gasteiger partial charge in [0.1, 0.15) is 29.8 Å². The van der Waals surface area contributed by atoms with Crippen LogP contribution in [0.1, 0.15) is 29.7 Å². The van der Waals surface area contributed by atoms with E-state index in [1.807, 2.05) is 19.0 Å². The van der Waals surface area contributed by atoms with Crippen LogP contribution in [0.4, 0.5) is 8.78 Å². The van der Waals surface area contributed by atoms with Gasteiger partial charge in [-0.05, 0) is 50.3 Å². The first kappa shape index (κ1) is 27.8. The lowest BCUT2D eigenvalue weighted by Crippen LogP contribution is -2.31. The Hall–Kier alpha value is -3.82. The minimum atomic E-state index is -1.47. The SMILES string of the molecule is CCOC(C(=O)NCc1ccc(C(=N)N)cc1)c1c(F)cc(-c2ccccc2OCCN(C)C)cc1F. The van der Waals surface area contributed by atoms with Crippen molar-refractivity contribution < 1.29 is 23.0 Å². The van der Waals surface area contributed by atoms with Crippen molar-refractivity contribution in [1.82, 2.24) is 10.2 Å². The highest BCUT2D eigenvalue weighted by atomic mass is 19.1. The summed E-state index contributed by atoms with van der Waals surface area (Å²) in [6.07, 6.45) is -1.47. The smallest absolute Gasteiger partial charge is 0.254 e. The molecule has 0 spiro atoms. The number of nitrogen functional groups attached to an aromatic ring is 1. The van der Waals surface area contributed by atoms with Crippen LogP contribution in [0, 0.1) is 17.0 Å². The predicted octanol–water partition coefficient (Wildman–Crippen LogP) is 4.25. The van der Waals surface area contributed by atoms with Crippen molar-refractivity contribution in [2.75, 3.05) is 33.9 Å². The number of likely N-dealkylation sites (N-methyl/N-ethyl adjacent to an activating group) is 1. The molecule has 1 amide bonds. The topological polar surface area (TPSA) is 101 Å². The molecule has 0 aromatic heterocycles. The summed E-state index contributed by atoms with van der Waals surface area (Å²) in [7, 11) is 3.85. The van der Waals surface area contributed by atoms with Gasteiger partial charge in [0, 0.05) is 30.8 Å². The molecule has 7 nitrogen and oxygen atoms in total. The van der Waals surface area contributed by atoms with Crippen LogP contribution in [0.5, 0.6) is 5.75 Å². The predicted molar refractivity (Wildman–Crippen MR) is 140 cm³/mol. The Bertz CT molecular complexity index is 1210. The summed E-state index contributed by atoms with van der Waals surface area (Å²) in [4.78, 5) is 14.9. The van der Waals surface area contributed by atoms with Gasteiger partial charge in [0.2, 0.25) is 0 Å². The summed E-state index contributed by atoms with van der Waals surface area (Å²) in [5.41, 5.74) is 7.12. The molecule has 0 aliphatic heterocycles. The highest BCUT2D eigenvalue weighted by Gasteiger charge is 2.28. The number of carbonyl (C=O) groups excluding carboxylic acids is 1. The zero-order valence-corrected chi connectivity index (χ0v) is 21.2. The van der Waals surface area contributed by atoms with Crippen LogP contribution in [-0.2, 0) is 16.1 Å². The molecule has 0 saturated carbocycles. The lowest BCUT2D eigenvalue weighted by atomic mass is 9.99. The number of nitrogens with zero attached hydrogens (tertiary/aromatic N) is 1. The number of hydrogen-bond donors (Lipinski definition) is 3. The van der Waals surface area contributed by atoms with Crippen molar-refractivity contribution in [3.63, 3.8) is 0 Å². The van der Waals surface area contributed by atoms with Gasteiger partial charge < -0.3 is 25.4 Å². The first-order valence-electron chi connectivity index (χ1n) is 11.9. The molecule has 9 heteroatoms. The van der Waals surface area contributed by atoms with Crippen molar-refractivity contribution in [3.8, 4) is 16.9 Å². The van der Waals surface area contributed by atoms with Crippen LogP contribution in [0.3, 0.4) is 0 Å². The molecule has 0 heterocycles. The highest BCUT2D eigenvalue weighted by molar-refractivity contribution is 5.94. The zero-order chi connectivity index (χ0) is 26.9. The Morgan fingerprint density at radius 3 is 2.32 bits per heavy atom. The number of benzene rings is 3. The van der Waals surface area contributed by atoms with E-state index in [4.69, 9.17) is 20.6 Å². The van der Waals surface area contributed by atoms with Gasteiger partial charge in [-0.1, -0.05) is 42.5 Å². The standard InChI is InChI=1S/C28H32F2N4O3/c1-4-36-26(28(35)33-17-18-9-11-19(12-10-18)27(31)32)25-22(29)15-20(16-23(25)30)21-7-5-6-8-24(21)37-14-13-34(2)3/h5-12,15-16,26H,4,13-14,17H2,1-3H3,(H3,31,32)(H,33,35). The maximum atomic E-state index is 15.3. The van der Waals surface area contributed by atoms with Crippen LogP contribution in [-0.4, -0.2) is 50.5 Å². The molecular weight excluding hydrogens is 478 g/mol. The van der Waals surface area contributed by atoms with Crippen molar-refractivity contribution in [2.24, 2.45) is 5.73 Å². The van der Waals surface area contributed by atoms with Crippen LogP contribution in [0.2, 0.25) is 0 Å². The molecule has 196 valence electrons. The average Bonchev–Trinajstić information content (AvgIpc) is 2.86. The number of carbonyl (C=O) groups is 1. The number of ether oxygens (including phenoxy) is 2. The van der Waals surface area contributed by atoms with E-state index in [1.54, 1.807) is 55.5 Å². The van der Waals surface area contributed by atoms with E-state index < -0.39 is 29.2 Å². The van der Waals surface area contributed by atoms with Gasteiger partial charge in [-0.2, -0.15) is 0 Å². The number of rotatable bonds is 12. The Morgan fingerprint density at radius 2 is 1.73 bits per heavy atom. The Labute approximate surface area is 215 Å². The number of amidine groups is 1. The van der Waals surface area contributed by atoms with Crippen molar-refractivity contribution in [2.45, 2.75) is 19.6 Å². The molecule has 0 aliphatic rings. The molecule has 3 aromatic rings. The molecule has 3 rings (SSSR count). The molecule has 0 saturated heterocycles. The van der Waals surface area contributed by atoms with Crippen LogP contribution < -0.4 is 15.8 Å². The summed E-state index contributed by atoms with van der Waals surface area (Å²) in [5.74, 6) is -2.01. The fraction of sp³-hybridized carbons (Fsp3) is 0.286. The molecule has 3 aromatic carbocycles. The number of hydrogen-bond acceptors (Lipinski definition) is 5. The van der Waals surface area contributed by atoms with Gasteiger partial charge in [-0.15, -0.1) is 0 Å². The zero-order valence-electron chi connectivity index (χ0n) is 21.2. The van der Waals surface area contributed by atoms with Gasteiger partial charge in [0.25, 0.3) is 5.91 Å². The van der Waals surface area contributed by atoms with Gasteiger partial charge in [0.15, 0.2) is 6.10 Å². The van der Waals surface area contributed by atoms with Gasteiger partial charge in [-0.25, -0.2) is 8.78 Å². The molecule has 0 fully saturated rings. The van der Waals surface area contributed by atoms with Crippen LogP contribution in [0.25, 0.3) is 11.1 Å². The molecule has 0 bridgehead atoms. The maximum absolute atomic E-state index is 15.3. The van der Waals surface area contributed by atoms with E-state index in [0.717, 1.165) is 5.56 Å². The number of halogens is 2. The fourth-order valence-corrected chi connectivity index (χ4v) is 3.70. The minimum absolute atomic E-state index is 0.0656. The van der Waals surface area contributed by atoms with Crippen LogP contribution >= 0.6 is 0 Å². The molecule has 0 aliphatic carbocycles. The molecule has 0 radical (unpaired) electrons. The minimum Gasteiger partial charge on any atom is -0.492 e. The number of amides is 1. The summed E-state index contributed by atoms with van der Waals surface area (Å²) in [6, 6.07) is 16.1. The third-order valence-electron chi connectivity index (χ3n) is 5.64. The third kappa shape index (κ3) is 7.34. The van der Waals surface area contributed by atoms with Gasteiger partial charge in [-0.3, -0.25) is 10.2 Å². The number of para-hydroxylation sites is 1. The first-order chi connectivity index (χ1) is 17.7. The Balaban J connectivity index is 1.82. The van der Waals surface area contributed by atoms with E-state index in [-0.39, 0.29) is 19.0 Å². The molecule has 37 heavy (non-hydrogen) atoms. The maximum Gasteiger partial charge on any atom is 0.254 e. The monoisotopic (exact) mass is 510 g/mol. The number of nitrogens with two attached hydrogens (primary N) is 1. The Kier molecular flexibility index (Phi) is 9.71. The van der Waals surface area contributed by atoms with Gasteiger partial charge in [0.05, 0.1) is 5.56 Å². The molecule has 4 N–H and O–H groups in total. The van der Waals surface area contributed by atoms with Gasteiger partial charge >= 0.3 is 0 Å². The van der Waals surface area contributed by atoms with E-state index in [9.17, 15) is 4.79 Å². The highest BCUT2D eigenvalue weighted by Crippen LogP contribution is 2.34. The average molecular weight is 511 g/mol. The quantitative estimate of drug-likeness (QED) is 0.250. The van der Waals surface area contributed by atoms with E-state index in [1.165, 1.54) is 12.1 Å². The van der Waals surface area contributed by atoms with Crippen molar-refractivity contribution in [1.29, 1.82) is 5.41 Å². The Morgan fingerprint density at radius 1 is 1.08 bits per heavy atom. The lowest BCUT2D eigenvalue weighted by Gasteiger charge is -2.20. The molecule has 1 unspecified atom stereocenters. The molecule has 1 atom stereocenters. The van der Waals surface area contributed by atoms with Crippen molar-refractivity contribution in [3.05, 3.63) is 89.0 Å². The second-order valence-electron chi connectivity index (χ2n) is 8.67. The summed E-state index contributed by atoms with van der Waals surface area (Å²) < 4.78 is 42.0. The van der Waals surface area contributed by atoms with Crippen molar-refractivity contribution >= 4 is 11.7 Å². The third-order valence-corrected chi connectivity index (χ3v) is 5.64. The first-order valence-corrected chi connectivity index (χ1v) is 11.9. The second-order valence-corrected chi connectivity index (χ2v) is 8.67. The summed E-state index contributed by atoms with van der Waals surface area (Å²) in [5, 5.41) is 10.1. The lowest BCUT2D eigenvalue weighted by molar-refractivity contribution is -0.133. The number of nitrogens with one attached hydrogen (secondary N) is 2. The largest absolute Gasteiger partial charge is 0.492 e. The normalized spacial score (nSPS) is 11.8. The van der Waals surface area contributed by atoms with E-state index >= 15 is 8.78 Å². The van der Waals surface area contributed by atoms with E-state index in [2.05, 4.69) is 5.32 Å². The fourth-order valence-electron chi connectivity index (χ4n) is 3.70. The van der Waals surface area contributed by atoms with E-state index in [0.29, 0.717) is 35.6 Å². The second kappa shape index (κ2) is 12.9. The summed E-state index contributed by atoms with van der Waals surface area (Å²) >= 11 is 0. The summed E-state index contributed by atoms with van der Waals surface area (Å²) in [6.45, 7) is 2.93.